The van der Waals surface area contributed by atoms with Gasteiger partial charge in [-0.15, -0.1) is 11.3 Å². The van der Waals surface area contributed by atoms with Gasteiger partial charge in [-0.2, -0.15) is 11.8 Å². The number of nitrogens with one attached hydrogen (secondary N) is 1. The highest BCUT2D eigenvalue weighted by Crippen LogP contribution is 2.28. The molecule has 0 atom stereocenters. The highest BCUT2D eigenvalue weighted by Gasteiger charge is 2.16. The van der Waals surface area contributed by atoms with Crippen LogP contribution in [-0.2, 0) is 0 Å². The topological polar surface area (TPSA) is 37.8 Å². The molecule has 3 nitrogen and oxygen atoms in total. The zero-order chi connectivity index (χ0) is 11.7. The molecule has 2 aromatic rings. The fourth-order valence-electron chi connectivity index (χ4n) is 1.97. The van der Waals surface area contributed by atoms with Gasteiger partial charge in [0.25, 0.3) is 0 Å². The molecule has 0 radical (unpaired) electrons. The molecule has 0 aliphatic carbocycles. The summed E-state index contributed by atoms with van der Waals surface area (Å²) in [6, 6.07) is 2.57. The van der Waals surface area contributed by atoms with E-state index in [1.807, 2.05) is 17.1 Å². The van der Waals surface area contributed by atoms with Gasteiger partial charge >= 0.3 is 0 Å². The fourth-order valence-corrected chi connectivity index (χ4v) is 4.06. The van der Waals surface area contributed by atoms with Crippen LogP contribution in [-0.4, -0.2) is 27.5 Å². The SMILES string of the molecule is Clc1nc(NC2CCSCC2)c2ccsc2n1. The van der Waals surface area contributed by atoms with Crippen molar-refractivity contribution in [3.8, 4) is 0 Å². The van der Waals surface area contributed by atoms with E-state index < -0.39 is 0 Å². The lowest BCUT2D eigenvalue weighted by molar-refractivity contribution is 0.664. The molecule has 3 heterocycles. The molecule has 1 N–H and O–H groups in total. The number of nitrogens with zero attached hydrogens (tertiary/aromatic N) is 2. The first-order valence-corrected chi connectivity index (χ1v) is 7.99. The minimum absolute atomic E-state index is 0.327. The Morgan fingerprint density at radius 2 is 2.12 bits per heavy atom. The Kier molecular flexibility index (Phi) is 3.40. The average molecular weight is 286 g/mol. The number of thioether (sulfide) groups is 1. The maximum absolute atomic E-state index is 5.94. The summed E-state index contributed by atoms with van der Waals surface area (Å²) in [6.07, 6.45) is 2.38. The fraction of sp³-hybridized carbons (Fsp3) is 0.455. The van der Waals surface area contributed by atoms with Crippen LogP contribution in [0.25, 0.3) is 10.2 Å². The van der Waals surface area contributed by atoms with E-state index in [1.54, 1.807) is 11.3 Å². The van der Waals surface area contributed by atoms with Crippen molar-refractivity contribution >= 4 is 50.7 Å². The van der Waals surface area contributed by atoms with Gasteiger partial charge in [0.1, 0.15) is 10.6 Å². The van der Waals surface area contributed by atoms with Crippen molar-refractivity contribution in [1.82, 2.24) is 9.97 Å². The van der Waals surface area contributed by atoms with Crippen LogP contribution in [0.3, 0.4) is 0 Å². The number of aromatic nitrogens is 2. The van der Waals surface area contributed by atoms with E-state index in [4.69, 9.17) is 11.6 Å². The van der Waals surface area contributed by atoms with Crippen molar-refractivity contribution in [3.05, 3.63) is 16.7 Å². The molecular formula is C11H12ClN3S2. The largest absolute Gasteiger partial charge is 0.367 e. The molecule has 0 saturated carbocycles. The molecule has 0 aromatic carbocycles. The molecule has 0 spiro atoms. The second-order valence-corrected chi connectivity index (χ2v) is 6.47. The van der Waals surface area contributed by atoms with E-state index in [0.717, 1.165) is 16.0 Å². The van der Waals surface area contributed by atoms with Crippen LogP contribution in [0.4, 0.5) is 5.82 Å². The summed E-state index contributed by atoms with van der Waals surface area (Å²) in [5, 5.41) is 6.94. The average Bonchev–Trinajstić information content (AvgIpc) is 2.78. The van der Waals surface area contributed by atoms with Gasteiger partial charge in [0.15, 0.2) is 0 Å². The molecule has 3 rings (SSSR count). The number of hydrogen-bond acceptors (Lipinski definition) is 5. The molecule has 17 heavy (non-hydrogen) atoms. The van der Waals surface area contributed by atoms with Crippen molar-refractivity contribution < 1.29 is 0 Å². The maximum Gasteiger partial charge on any atom is 0.225 e. The molecule has 0 bridgehead atoms. The minimum atomic E-state index is 0.327. The van der Waals surface area contributed by atoms with E-state index in [0.29, 0.717) is 11.3 Å². The van der Waals surface area contributed by atoms with E-state index in [-0.39, 0.29) is 0 Å². The number of fused-ring (bicyclic) bond motifs is 1. The third-order valence-electron chi connectivity index (χ3n) is 2.86. The van der Waals surface area contributed by atoms with Crippen LogP contribution in [0.15, 0.2) is 11.4 Å². The predicted octanol–water partition coefficient (Wildman–Crippen LogP) is 3.65. The molecular weight excluding hydrogens is 274 g/mol. The van der Waals surface area contributed by atoms with Gasteiger partial charge < -0.3 is 5.32 Å². The van der Waals surface area contributed by atoms with Crippen molar-refractivity contribution in [3.63, 3.8) is 0 Å². The molecule has 1 fully saturated rings. The van der Waals surface area contributed by atoms with Gasteiger partial charge in [-0.05, 0) is 47.4 Å². The Hall–Kier alpha value is -0.520. The first-order chi connectivity index (χ1) is 8.33. The van der Waals surface area contributed by atoms with Crippen molar-refractivity contribution in [2.24, 2.45) is 0 Å². The first kappa shape index (κ1) is 11.6. The van der Waals surface area contributed by atoms with Gasteiger partial charge in [-0.3, -0.25) is 0 Å². The van der Waals surface area contributed by atoms with Crippen LogP contribution in [0.2, 0.25) is 5.28 Å². The first-order valence-electron chi connectivity index (χ1n) is 5.58. The Bertz CT molecular complexity index is 522. The summed E-state index contributed by atoms with van der Waals surface area (Å²) >= 11 is 9.56. The van der Waals surface area contributed by atoms with Crippen LogP contribution >= 0.6 is 34.7 Å². The number of rotatable bonds is 2. The summed E-state index contributed by atoms with van der Waals surface area (Å²) in [6.45, 7) is 0. The highest BCUT2D eigenvalue weighted by molar-refractivity contribution is 7.99. The third-order valence-corrected chi connectivity index (χ3v) is 4.88. The lowest BCUT2D eigenvalue weighted by Crippen LogP contribution is -2.25. The van der Waals surface area contributed by atoms with Gasteiger partial charge in [0.05, 0.1) is 5.39 Å². The summed E-state index contributed by atoms with van der Waals surface area (Å²) in [7, 11) is 0. The molecule has 6 heteroatoms. The highest BCUT2D eigenvalue weighted by atomic mass is 35.5. The molecule has 1 aliphatic heterocycles. The monoisotopic (exact) mass is 285 g/mol. The second-order valence-electron chi connectivity index (χ2n) is 4.01. The molecule has 1 aliphatic rings. The van der Waals surface area contributed by atoms with Crippen molar-refractivity contribution in [1.29, 1.82) is 0 Å². The second kappa shape index (κ2) is 5.00. The molecule has 90 valence electrons. The minimum Gasteiger partial charge on any atom is -0.367 e. The third kappa shape index (κ3) is 2.51. The maximum atomic E-state index is 5.94. The van der Waals surface area contributed by atoms with E-state index in [9.17, 15) is 0 Å². The van der Waals surface area contributed by atoms with Crippen LogP contribution < -0.4 is 5.32 Å². The van der Waals surface area contributed by atoms with Crippen LogP contribution in [0.1, 0.15) is 12.8 Å². The smallest absolute Gasteiger partial charge is 0.225 e. The number of anilines is 1. The summed E-state index contributed by atoms with van der Waals surface area (Å²) in [4.78, 5) is 9.49. The number of thiophene rings is 1. The zero-order valence-electron chi connectivity index (χ0n) is 9.15. The number of hydrogen-bond donors (Lipinski definition) is 1. The van der Waals surface area contributed by atoms with Gasteiger partial charge in [0.2, 0.25) is 5.28 Å². The quantitative estimate of drug-likeness (QED) is 0.855. The van der Waals surface area contributed by atoms with E-state index >= 15 is 0 Å². The van der Waals surface area contributed by atoms with Crippen LogP contribution in [0, 0.1) is 0 Å². The van der Waals surface area contributed by atoms with Crippen LogP contribution in [0.5, 0.6) is 0 Å². The van der Waals surface area contributed by atoms with E-state index in [2.05, 4.69) is 21.4 Å². The Balaban J connectivity index is 1.90. The predicted molar refractivity (Wildman–Crippen MR) is 76.4 cm³/mol. The summed E-state index contributed by atoms with van der Waals surface area (Å²) in [5.74, 6) is 3.34. The normalized spacial score (nSPS) is 17.5. The molecule has 2 aromatic heterocycles. The molecule has 0 unspecified atom stereocenters. The molecule has 1 saturated heterocycles. The van der Waals surface area contributed by atoms with Crippen molar-refractivity contribution in [2.75, 3.05) is 16.8 Å². The zero-order valence-corrected chi connectivity index (χ0v) is 11.5. The van der Waals surface area contributed by atoms with Gasteiger partial charge in [-0.1, -0.05) is 0 Å². The summed E-state index contributed by atoms with van der Waals surface area (Å²) in [5.41, 5.74) is 0. The van der Waals surface area contributed by atoms with Crippen molar-refractivity contribution in [2.45, 2.75) is 18.9 Å². The molecule has 0 amide bonds. The lowest BCUT2D eigenvalue weighted by Gasteiger charge is -2.23. The van der Waals surface area contributed by atoms with Gasteiger partial charge in [-0.25, -0.2) is 9.97 Å². The van der Waals surface area contributed by atoms with E-state index in [1.165, 1.54) is 24.3 Å². The summed E-state index contributed by atoms with van der Waals surface area (Å²) < 4.78 is 0. The van der Waals surface area contributed by atoms with Gasteiger partial charge in [0, 0.05) is 6.04 Å². The Morgan fingerprint density at radius 1 is 1.29 bits per heavy atom. The lowest BCUT2D eigenvalue weighted by atomic mass is 10.1. The number of halogens is 1. The standard InChI is InChI=1S/C11H12ClN3S2/c12-11-14-9(8-3-6-17-10(8)15-11)13-7-1-4-16-5-2-7/h3,6-7H,1-2,4-5H2,(H,13,14,15). The Labute approximate surface area is 113 Å². The Morgan fingerprint density at radius 3 is 2.94 bits per heavy atom.